The van der Waals surface area contributed by atoms with Crippen molar-refractivity contribution in [3.63, 3.8) is 0 Å². The van der Waals surface area contributed by atoms with Crippen LogP contribution >= 0.6 is 0 Å². The van der Waals surface area contributed by atoms with Crippen molar-refractivity contribution in [1.29, 1.82) is 0 Å². The van der Waals surface area contributed by atoms with E-state index in [1.165, 1.54) is 10.5 Å². The van der Waals surface area contributed by atoms with E-state index in [0.717, 1.165) is 29.1 Å². The molecule has 1 heterocycles. The fourth-order valence-electron chi connectivity index (χ4n) is 3.95. The largest absolute Gasteiger partial charge is 0.354 e. The molecule has 3 aromatic carbocycles. The highest BCUT2D eigenvalue weighted by Crippen LogP contribution is 2.38. The molecule has 6 heteroatoms. The molecule has 0 saturated heterocycles. The number of rotatable bonds is 6. The summed E-state index contributed by atoms with van der Waals surface area (Å²) in [7, 11) is 7.49. The number of carbonyl (C=O) groups excluding carboxylic acids is 2. The highest BCUT2D eigenvalue weighted by atomic mass is 16.2. The summed E-state index contributed by atoms with van der Waals surface area (Å²) in [6, 6.07) is 23.3. The fourth-order valence-corrected chi connectivity index (χ4v) is 3.95. The van der Waals surface area contributed by atoms with E-state index in [9.17, 15) is 9.59 Å². The van der Waals surface area contributed by atoms with Crippen LogP contribution in [0.2, 0.25) is 0 Å². The van der Waals surface area contributed by atoms with Gasteiger partial charge in [0.25, 0.3) is 11.8 Å². The Hall–Kier alpha value is -3.90. The third kappa shape index (κ3) is 4.81. The van der Waals surface area contributed by atoms with Crippen LogP contribution in [0, 0.1) is 0 Å². The van der Waals surface area contributed by atoms with Gasteiger partial charge in [-0.2, -0.15) is 0 Å². The van der Waals surface area contributed by atoms with Gasteiger partial charge in [0.15, 0.2) is 0 Å². The van der Waals surface area contributed by atoms with E-state index >= 15 is 0 Å². The first-order valence-electron chi connectivity index (χ1n) is 10.8. The van der Waals surface area contributed by atoms with Crippen LogP contribution in [0.4, 0.5) is 11.4 Å². The third-order valence-corrected chi connectivity index (χ3v) is 5.42. The van der Waals surface area contributed by atoms with Crippen LogP contribution in [0.25, 0.3) is 11.3 Å². The minimum atomic E-state index is -0.199. The zero-order valence-corrected chi connectivity index (χ0v) is 19.3. The van der Waals surface area contributed by atoms with Crippen molar-refractivity contribution in [2.24, 2.45) is 0 Å². The molecule has 0 aliphatic carbocycles. The lowest BCUT2D eigenvalue weighted by Gasteiger charge is -2.16. The van der Waals surface area contributed by atoms with Gasteiger partial charge in [-0.25, -0.2) is 0 Å². The van der Waals surface area contributed by atoms with Crippen LogP contribution in [-0.2, 0) is 11.3 Å². The molecule has 0 bridgehead atoms. The Labute approximate surface area is 194 Å². The topological polar surface area (TPSA) is 64.7 Å². The van der Waals surface area contributed by atoms with E-state index in [0.29, 0.717) is 16.8 Å². The average Bonchev–Trinajstić information content (AvgIpc) is 3.12. The summed E-state index contributed by atoms with van der Waals surface area (Å²) in [5, 5.41) is 6.44. The predicted molar refractivity (Wildman–Crippen MR) is 134 cm³/mol. The van der Waals surface area contributed by atoms with E-state index in [1.807, 2.05) is 62.6 Å². The molecule has 0 spiro atoms. The van der Waals surface area contributed by atoms with Gasteiger partial charge in [-0.05, 0) is 49.5 Å². The van der Waals surface area contributed by atoms with Crippen LogP contribution in [-0.4, -0.2) is 49.8 Å². The normalized spacial score (nSPS) is 14.0. The number of carbonyl (C=O) groups is 2. The standard InChI is InChI=1S/C27H28N4O2/c1-30(2)17-18-9-8-12-21(15-18)28-25(19-10-6-5-7-11-19)24-22-14-13-20(27(33)31(3)4)16-23(22)29-26(24)32/h5-16,28H,17H2,1-4H3,(H,29,32)/b25-24-. The van der Waals surface area contributed by atoms with Crippen LogP contribution in [0.1, 0.15) is 27.0 Å². The molecular weight excluding hydrogens is 412 g/mol. The van der Waals surface area contributed by atoms with Gasteiger partial charge in [-0.15, -0.1) is 0 Å². The van der Waals surface area contributed by atoms with Crippen molar-refractivity contribution < 1.29 is 9.59 Å². The van der Waals surface area contributed by atoms with Gasteiger partial charge in [-0.3, -0.25) is 9.59 Å². The summed E-state index contributed by atoms with van der Waals surface area (Å²) in [6.07, 6.45) is 0. The van der Waals surface area contributed by atoms with Crippen molar-refractivity contribution in [2.75, 3.05) is 38.8 Å². The number of hydrogen-bond donors (Lipinski definition) is 2. The summed E-state index contributed by atoms with van der Waals surface area (Å²) in [6.45, 7) is 0.818. The van der Waals surface area contributed by atoms with Crippen LogP contribution in [0.5, 0.6) is 0 Å². The van der Waals surface area contributed by atoms with Crippen molar-refractivity contribution in [1.82, 2.24) is 9.80 Å². The molecule has 3 aromatic rings. The summed E-state index contributed by atoms with van der Waals surface area (Å²) >= 11 is 0. The van der Waals surface area contributed by atoms with Gasteiger partial charge in [-0.1, -0.05) is 48.5 Å². The molecule has 0 saturated carbocycles. The summed E-state index contributed by atoms with van der Waals surface area (Å²) in [5.74, 6) is -0.307. The van der Waals surface area contributed by atoms with E-state index in [2.05, 4.69) is 27.7 Å². The second kappa shape index (κ2) is 9.30. The van der Waals surface area contributed by atoms with Gasteiger partial charge >= 0.3 is 0 Å². The molecule has 168 valence electrons. The van der Waals surface area contributed by atoms with Crippen LogP contribution in [0.3, 0.4) is 0 Å². The lowest BCUT2D eigenvalue weighted by atomic mass is 9.98. The van der Waals surface area contributed by atoms with Gasteiger partial charge in [0.1, 0.15) is 0 Å². The molecule has 0 unspecified atom stereocenters. The van der Waals surface area contributed by atoms with E-state index < -0.39 is 0 Å². The molecule has 2 amide bonds. The molecule has 0 atom stereocenters. The van der Waals surface area contributed by atoms with Crippen LogP contribution in [0.15, 0.2) is 72.8 Å². The second-order valence-electron chi connectivity index (χ2n) is 8.59. The maximum atomic E-state index is 13.2. The number of fused-ring (bicyclic) bond motifs is 1. The van der Waals surface area contributed by atoms with Gasteiger partial charge in [0.05, 0.1) is 11.3 Å². The Morgan fingerprint density at radius 3 is 2.33 bits per heavy atom. The Bertz CT molecular complexity index is 1230. The monoisotopic (exact) mass is 440 g/mol. The smallest absolute Gasteiger partial charge is 0.258 e. The second-order valence-corrected chi connectivity index (χ2v) is 8.59. The van der Waals surface area contributed by atoms with Crippen molar-refractivity contribution in [2.45, 2.75) is 6.54 Å². The Kier molecular flexibility index (Phi) is 6.29. The van der Waals surface area contributed by atoms with Crippen LogP contribution < -0.4 is 10.6 Å². The fraction of sp³-hybridized carbons (Fsp3) is 0.185. The Balaban J connectivity index is 1.81. The number of hydrogen-bond acceptors (Lipinski definition) is 4. The molecule has 1 aliphatic rings. The summed E-state index contributed by atoms with van der Waals surface area (Å²) in [4.78, 5) is 29.2. The zero-order valence-electron chi connectivity index (χ0n) is 19.3. The summed E-state index contributed by atoms with van der Waals surface area (Å²) < 4.78 is 0. The van der Waals surface area contributed by atoms with Crippen molar-refractivity contribution in [3.05, 3.63) is 95.1 Å². The Morgan fingerprint density at radius 1 is 0.879 bits per heavy atom. The SMILES string of the molecule is CN(C)Cc1cccc(N/C(=C2\C(=O)Nc3cc(C(=O)N(C)C)ccc32)c2ccccc2)c1. The molecular formula is C27H28N4O2. The zero-order chi connectivity index (χ0) is 23.5. The first-order valence-corrected chi connectivity index (χ1v) is 10.8. The maximum absolute atomic E-state index is 13.2. The molecule has 0 fully saturated rings. The molecule has 1 aliphatic heterocycles. The lowest BCUT2D eigenvalue weighted by Crippen LogP contribution is -2.21. The molecule has 6 nitrogen and oxygen atoms in total. The first-order chi connectivity index (χ1) is 15.8. The lowest BCUT2D eigenvalue weighted by molar-refractivity contribution is -0.110. The van der Waals surface area contributed by atoms with E-state index in [4.69, 9.17) is 0 Å². The molecule has 0 radical (unpaired) electrons. The number of nitrogens with one attached hydrogen (secondary N) is 2. The maximum Gasteiger partial charge on any atom is 0.258 e. The highest BCUT2D eigenvalue weighted by molar-refractivity contribution is 6.37. The third-order valence-electron chi connectivity index (χ3n) is 5.42. The summed E-state index contributed by atoms with van der Waals surface area (Å²) in [5.41, 5.74) is 6.20. The number of amides is 2. The molecule has 33 heavy (non-hydrogen) atoms. The average molecular weight is 441 g/mol. The van der Waals surface area contributed by atoms with E-state index in [-0.39, 0.29) is 11.8 Å². The number of nitrogens with zero attached hydrogens (tertiary/aromatic N) is 2. The number of anilines is 2. The molecule has 0 aromatic heterocycles. The van der Waals surface area contributed by atoms with Crippen molar-refractivity contribution in [3.8, 4) is 0 Å². The van der Waals surface area contributed by atoms with E-state index in [1.54, 1.807) is 26.2 Å². The minimum absolute atomic E-state index is 0.108. The van der Waals surface area contributed by atoms with Gasteiger partial charge in [0.2, 0.25) is 0 Å². The first kappa shape index (κ1) is 22.3. The minimum Gasteiger partial charge on any atom is -0.354 e. The predicted octanol–water partition coefficient (Wildman–Crippen LogP) is 4.38. The van der Waals surface area contributed by atoms with Gasteiger partial charge < -0.3 is 20.4 Å². The van der Waals surface area contributed by atoms with Gasteiger partial charge in [0, 0.05) is 43.1 Å². The number of benzene rings is 3. The molecule has 2 N–H and O–H groups in total. The molecule has 4 rings (SSSR count). The van der Waals surface area contributed by atoms with Crippen molar-refractivity contribution >= 4 is 34.5 Å². The Morgan fingerprint density at radius 2 is 1.64 bits per heavy atom. The highest BCUT2D eigenvalue weighted by Gasteiger charge is 2.29. The quantitative estimate of drug-likeness (QED) is 0.559.